The van der Waals surface area contributed by atoms with Crippen molar-refractivity contribution in [2.45, 2.75) is 58.3 Å². The van der Waals surface area contributed by atoms with E-state index in [9.17, 15) is 0 Å². The van der Waals surface area contributed by atoms with Gasteiger partial charge in [-0.1, -0.05) is 73.5 Å². The molecule has 0 fully saturated rings. The van der Waals surface area contributed by atoms with E-state index in [0.717, 1.165) is 29.8 Å². The van der Waals surface area contributed by atoms with Crippen molar-refractivity contribution in [3.63, 3.8) is 0 Å². The molecule has 0 atom stereocenters. The van der Waals surface area contributed by atoms with Crippen molar-refractivity contribution in [3.05, 3.63) is 40.9 Å². The third kappa shape index (κ3) is 8.24. The lowest BCUT2D eigenvalue weighted by Crippen LogP contribution is -2.13. The number of benzene rings is 2. The average Bonchev–Trinajstić information content (AvgIpc) is 2.62. The van der Waals surface area contributed by atoms with Crippen molar-refractivity contribution in [3.8, 4) is 5.75 Å². The van der Waals surface area contributed by atoms with E-state index in [1.807, 2.05) is 0 Å². The summed E-state index contributed by atoms with van der Waals surface area (Å²) in [5.74, 6) is 0.982. The average molecular weight is 406 g/mol. The van der Waals surface area contributed by atoms with Crippen LogP contribution in [0, 0.1) is 0 Å². The standard InChI is InChI=1S/C22H32BrNO/c1-2-24-15-9-7-5-3-4-6-8-10-16-25-22-14-12-19-17-21(23)13-11-20(19)18-22/h11-14,17-18,24H,2-10,15-16H2,1H3. The summed E-state index contributed by atoms with van der Waals surface area (Å²) in [4.78, 5) is 0. The first kappa shape index (κ1) is 20.3. The van der Waals surface area contributed by atoms with Gasteiger partial charge in [0.2, 0.25) is 0 Å². The molecule has 0 aliphatic heterocycles. The molecule has 2 aromatic rings. The molecule has 0 saturated heterocycles. The van der Waals surface area contributed by atoms with Crippen LogP contribution in [0.25, 0.3) is 10.8 Å². The molecule has 0 saturated carbocycles. The molecular weight excluding hydrogens is 374 g/mol. The molecule has 0 unspecified atom stereocenters. The van der Waals surface area contributed by atoms with Crippen LogP contribution in [0.5, 0.6) is 5.75 Å². The minimum absolute atomic E-state index is 0.824. The second-order valence-electron chi connectivity index (χ2n) is 6.68. The predicted octanol–water partition coefficient (Wildman–Crippen LogP) is 6.71. The van der Waals surface area contributed by atoms with E-state index >= 15 is 0 Å². The van der Waals surface area contributed by atoms with E-state index in [4.69, 9.17) is 4.74 Å². The molecule has 0 aliphatic rings. The van der Waals surface area contributed by atoms with Crippen LogP contribution < -0.4 is 10.1 Å². The zero-order valence-corrected chi connectivity index (χ0v) is 17.1. The van der Waals surface area contributed by atoms with E-state index in [1.54, 1.807) is 0 Å². The maximum absolute atomic E-state index is 5.91. The van der Waals surface area contributed by atoms with Gasteiger partial charge in [-0.2, -0.15) is 0 Å². The Morgan fingerprint density at radius 2 is 1.44 bits per heavy atom. The lowest BCUT2D eigenvalue weighted by molar-refractivity contribution is 0.304. The minimum atomic E-state index is 0.824. The van der Waals surface area contributed by atoms with Gasteiger partial charge in [0.15, 0.2) is 0 Å². The second-order valence-corrected chi connectivity index (χ2v) is 7.60. The van der Waals surface area contributed by atoms with Gasteiger partial charge >= 0.3 is 0 Å². The summed E-state index contributed by atoms with van der Waals surface area (Å²) < 4.78 is 7.03. The van der Waals surface area contributed by atoms with E-state index in [1.165, 1.54) is 62.3 Å². The van der Waals surface area contributed by atoms with Crippen molar-refractivity contribution < 1.29 is 4.74 Å². The number of ether oxygens (including phenoxy) is 1. The van der Waals surface area contributed by atoms with E-state index < -0.39 is 0 Å². The predicted molar refractivity (Wildman–Crippen MR) is 113 cm³/mol. The van der Waals surface area contributed by atoms with Crippen molar-refractivity contribution >= 4 is 26.7 Å². The Hall–Kier alpha value is -1.06. The number of unbranched alkanes of at least 4 members (excludes halogenated alkanes) is 7. The van der Waals surface area contributed by atoms with Crippen LogP contribution in [0.4, 0.5) is 0 Å². The molecule has 0 aliphatic carbocycles. The first-order valence-electron chi connectivity index (χ1n) is 9.82. The summed E-state index contributed by atoms with van der Waals surface area (Å²) in [6, 6.07) is 12.7. The van der Waals surface area contributed by atoms with Crippen LogP contribution in [0.1, 0.15) is 58.3 Å². The number of halogens is 1. The molecule has 0 radical (unpaired) electrons. The molecule has 1 N–H and O–H groups in total. The highest BCUT2D eigenvalue weighted by atomic mass is 79.9. The Kier molecular flexibility index (Phi) is 9.98. The maximum Gasteiger partial charge on any atom is 0.119 e. The first-order valence-corrected chi connectivity index (χ1v) is 10.6. The second kappa shape index (κ2) is 12.3. The smallest absolute Gasteiger partial charge is 0.119 e. The summed E-state index contributed by atoms with van der Waals surface area (Å²) in [5.41, 5.74) is 0. The number of fused-ring (bicyclic) bond motifs is 1. The largest absolute Gasteiger partial charge is 0.494 e. The highest BCUT2D eigenvalue weighted by molar-refractivity contribution is 9.10. The van der Waals surface area contributed by atoms with Crippen LogP contribution in [0.15, 0.2) is 40.9 Å². The normalized spacial score (nSPS) is 11.1. The zero-order valence-electron chi connectivity index (χ0n) is 15.5. The lowest BCUT2D eigenvalue weighted by Gasteiger charge is -2.08. The molecule has 0 aromatic heterocycles. The fourth-order valence-electron chi connectivity index (χ4n) is 3.06. The summed E-state index contributed by atoms with van der Waals surface area (Å²) in [5, 5.41) is 5.86. The van der Waals surface area contributed by atoms with Crippen LogP contribution in [0.3, 0.4) is 0 Å². The van der Waals surface area contributed by atoms with Crippen molar-refractivity contribution in [1.29, 1.82) is 0 Å². The molecule has 2 aromatic carbocycles. The van der Waals surface area contributed by atoms with Gasteiger partial charge in [0, 0.05) is 4.47 Å². The highest BCUT2D eigenvalue weighted by Gasteiger charge is 1.99. The van der Waals surface area contributed by atoms with Crippen LogP contribution in [-0.2, 0) is 0 Å². The van der Waals surface area contributed by atoms with Gasteiger partial charge in [0.1, 0.15) is 5.75 Å². The summed E-state index contributed by atoms with van der Waals surface area (Å²) in [6.45, 7) is 5.27. The minimum Gasteiger partial charge on any atom is -0.494 e. The van der Waals surface area contributed by atoms with E-state index in [2.05, 4.69) is 64.6 Å². The number of nitrogens with one attached hydrogen (secondary N) is 1. The van der Waals surface area contributed by atoms with Crippen LogP contribution in [-0.4, -0.2) is 19.7 Å². The van der Waals surface area contributed by atoms with E-state index in [0.29, 0.717) is 0 Å². The summed E-state index contributed by atoms with van der Waals surface area (Å²) in [7, 11) is 0. The Labute approximate surface area is 161 Å². The van der Waals surface area contributed by atoms with Crippen molar-refractivity contribution in [2.24, 2.45) is 0 Å². The van der Waals surface area contributed by atoms with Gasteiger partial charge in [-0.25, -0.2) is 0 Å². The highest BCUT2D eigenvalue weighted by Crippen LogP contribution is 2.24. The molecule has 138 valence electrons. The number of hydrogen-bond acceptors (Lipinski definition) is 2. The molecule has 0 spiro atoms. The monoisotopic (exact) mass is 405 g/mol. The van der Waals surface area contributed by atoms with Gasteiger partial charge < -0.3 is 10.1 Å². The Balaban J connectivity index is 1.50. The van der Waals surface area contributed by atoms with Gasteiger partial charge in [0.25, 0.3) is 0 Å². The zero-order chi connectivity index (χ0) is 17.7. The molecule has 25 heavy (non-hydrogen) atoms. The Morgan fingerprint density at radius 1 is 0.800 bits per heavy atom. The Morgan fingerprint density at radius 3 is 2.20 bits per heavy atom. The third-order valence-electron chi connectivity index (χ3n) is 4.54. The van der Waals surface area contributed by atoms with Crippen LogP contribution >= 0.6 is 15.9 Å². The van der Waals surface area contributed by atoms with Gasteiger partial charge in [-0.15, -0.1) is 0 Å². The van der Waals surface area contributed by atoms with Gasteiger partial charge in [-0.3, -0.25) is 0 Å². The lowest BCUT2D eigenvalue weighted by atomic mass is 10.1. The molecule has 2 nitrogen and oxygen atoms in total. The maximum atomic E-state index is 5.91. The quantitative estimate of drug-likeness (QED) is 0.373. The molecule has 3 heteroatoms. The third-order valence-corrected chi connectivity index (χ3v) is 5.03. The topological polar surface area (TPSA) is 21.3 Å². The number of rotatable bonds is 13. The summed E-state index contributed by atoms with van der Waals surface area (Å²) >= 11 is 3.51. The molecule has 0 amide bonds. The fraction of sp³-hybridized carbons (Fsp3) is 0.545. The SMILES string of the molecule is CCNCCCCCCCCCCOc1ccc2cc(Br)ccc2c1. The van der Waals surface area contributed by atoms with Crippen molar-refractivity contribution in [2.75, 3.05) is 19.7 Å². The van der Waals surface area contributed by atoms with Crippen LogP contribution in [0.2, 0.25) is 0 Å². The Bertz CT molecular complexity index is 614. The molecule has 2 rings (SSSR count). The first-order chi connectivity index (χ1) is 12.3. The van der Waals surface area contributed by atoms with Gasteiger partial charge in [-0.05, 0) is 61.0 Å². The van der Waals surface area contributed by atoms with E-state index in [-0.39, 0.29) is 0 Å². The fourth-order valence-corrected chi connectivity index (χ4v) is 3.44. The molecule has 0 bridgehead atoms. The number of hydrogen-bond donors (Lipinski definition) is 1. The van der Waals surface area contributed by atoms with Gasteiger partial charge in [0.05, 0.1) is 6.61 Å². The molecule has 0 heterocycles. The summed E-state index contributed by atoms with van der Waals surface area (Å²) in [6.07, 6.45) is 10.6. The van der Waals surface area contributed by atoms with Crippen molar-refractivity contribution in [1.82, 2.24) is 5.32 Å². The molecular formula is C22H32BrNO.